The number of nitrogens with one attached hydrogen (secondary N) is 1. The number of ether oxygens (including phenoxy) is 1. The zero-order valence-electron chi connectivity index (χ0n) is 13.8. The maximum atomic E-state index is 5.53. The van der Waals surface area contributed by atoms with E-state index in [1.807, 2.05) is 6.92 Å². The summed E-state index contributed by atoms with van der Waals surface area (Å²) in [6, 6.07) is 2.48. The highest BCUT2D eigenvalue weighted by molar-refractivity contribution is 5.25. The van der Waals surface area contributed by atoms with Gasteiger partial charge in [0.1, 0.15) is 0 Å². The van der Waals surface area contributed by atoms with Gasteiger partial charge in [0.25, 0.3) is 0 Å². The van der Waals surface area contributed by atoms with E-state index in [4.69, 9.17) is 4.74 Å². The van der Waals surface area contributed by atoms with Crippen molar-refractivity contribution in [2.24, 2.45) is 0 Å². The summed E-state index contributed by atoms with van der Waals surface area (Å²) in [4.78, 5) is 0. The van der Waals surface area contributed by atoms with Crippen LogP contribution in [0.5, 0.6) is 0 Å². The zero-order chi connectivity index (χ0) is 15.2. The summed E-state index contributed by atoms with van der Waals surface area (Å²) in [6.45, 7) is 11.5. The highest BCUT2D eigenvalue weighted by Crippen LogP contribution is 2.26. The minimum Gasteiger partial charge on any atom is -0.379 e. The van der Waals surface area contributed by atoms with Crippen LogP contribution in [0.15, 0.2) is 6.07 Å². The first-order valence-corrected chi connectivity index (χ1v) is 7.55. The third kappa shape index (κ3) is 4.84. The van der Waals surface area contributed by atoms with Crippen LogP contribution in [0.2, 0.25) is 0 Å². The monoisotopic (exact) mass is 279 g/mol. The van der Waals surface area contributed by atoms with Crippen LogP contribution < -0.4 is 5.32 Å². The molecule has 0 spiro atoms. The summed E-state index contributed by atoms with van der Waals surface area (Å²) in [7, 11) is 1.78. The summed E-state index contributed by atoms with van der Waals surface area (Å²) in [6.07, 6.45) is 2.96. The van der Waals surface area contributed by atoms with Gasteiger partial charge in [0.05, 0.1) is 17.0 Å². The normalized spacial score (nSPS) is 13.5. The molecular weight excluding hydrogens is 250 g/mol. The van der Waals surface area contributed by atoms with Gasteiger partial charge in [-0.25, -0.2) is 0 Å². The van der Waals surface area contributed by atoms with Gasteiger partial charge in [0.2, 0.25) is 0 Å². The third-order valence-electron chi connectivity index (χ3n) is 3.77. The molecule has 0 aliphatic carbocycles. The lowest BCUT2D eigenvalue weighted by Crippen LogP contribution is -2.28. The van der Waals surface area contributed by atoms with Crippen molar-refractivity contribution in [1.29, 1.82) is 0 Å². The van der Waals surface area contributed by atoms with Crippen LogP contribution in [-0.4, -0.2) is 29.5 Å². The Morgan fingerprint density at radius 1 is 1.30 bits per heavy atom. The van der Waals surface area contributed by atoms with Gasteiger partial charge in [-0.15, -0.1) is 0 Å². The summed E-state index contributed by atoms with van der Waals surface area (Å²) in [5, 5.41) is 12.1. The molecule has 4 nitrogen and oxygen atoms in total. The molecule has 1 aromatic rings. The fourth-order valence-corrected chi connectivity index (χ4v) is 2.32. The van der Waals surface area contributed by atoms with Gasteiger partial charge in [-0.05, 0) is 58.2 Å². The Bertz CT molecular complexity index is 418. The molecule has 114 valence electrons. The van der Waals surface area contributed by atoms with Crippen LogP contribution in [0.4, 0.5) is 0 Å². The van der Waals surface area contributed by atoms with E-state index in [-0.39, 0.29) is 5.60 Å². The Hall–Kier alpha value is -1.00. The summed E-state index contributed by atoms with van der Waals surface area (Å²) < 4.78 is 5.53. The molecule has 0 radical (unpaired) electrons. The molecule has 1 heterocycles. The molecule has 0 aliphatic rings. The molecule has 20 heavy (non-hydrogen) atoms. The molecule has 4 heteroatoms. The lowest BCUT2D eigenvalue weighted by molar-refractivity contribution is 0.0117. The smallest absolute Gasteiger partial charge is 0.0676 e. The van der Waals surface area contributed by atoms with Crippen molar-refractivity contribution < 1.29 is 4.74 Å². The van der Waals surface area contributed by atoms with Crippen molar-refractivity contribution in [3.63, 3.8) is 0 Å². The number of nitrogens with zero attached hydrogens (tertiary/aromatic N) is 2. The second kappa shape index (κ2) is 7.70. The van der Waals surface area contributed by atoms with Gasteiger partial charge in [0.15, 0.2) is 0 Å². The second-order valence-corrected chi connectivity index (χ2v) is 5.85. The van der Waals surface area contributed by atoms with E-state index in [0.29, 0.717) is 6.04 Å². The first-order chi connectivity index (χ1) is 9.43. The molecule has 0 saturated heterocycles. The van der Waals surface area contributed by atoms with Crippen LogP contribution in [0, 0.1) is 6.92 Å². The second-order valence-electron chi connectivity index (χ2n) is 5.85. The van der Waals surface area contributed by atoms with Crippen LogP contribution >= 0.6 is 0 Å². The van der Waals surface area contributed by atoms with E-state index in [2.05, 4.69) is 49.3 Å². The van der Waals surface area contributed by atoms with E-state index in [9.17, 15) is 0 Å². The highest BCUT2D eigenvalue weighted by Gasteiger charge is 2.21. The van der Waals surface area contributed by atoms with Gasteiger partial charge in [-0.1, -0.05) is 13.8 Å². The number of rotatable bonds is 8. The average Bonchev–Trinajstić information content (AvgIpc) is 2.43. The molecule has 1 rings (SSSR count). The van der Waals surface area contributed by atoms with E-state index in [1.165, 1.54) is 5.56 Å². The highest BCUT2D eigenvalue weighted by atomic mass is 16.5. The van der Waals surface area contributed by atoms with Crippen LogP contribution in [0.25, 0.3) is 0 Å². The van der Waals surface area contributed by atoms with Crippen molar-refractivity contribution in [2.45, 2.75) is 65.5 Å². The largest absolute Gasteiger partial charge is 0.379 e. The Morgan fingerprint density at radius 3 is 2.55 bits per heavy atom. The van der Waals surface area contributed by atoms with Crippen molar-refractivity contribution in [3.05, 3.63) is 23.0 Å². The molecule has 0 bridgehead atoms. The molecular formula is C16H29N3O. The standard InChI is InChI=1S/C16H29N3O/c1-7-14-13(11-12(3)18-19-14)15(17-8-2)9-10-16(4,5)20-6/h11,15,17H,7-10H2,1-6H3. The van der Waals surface area contributed by atoms with E-state index in [1.54, 1.807) is 7.11 Å². The van der Waals surface area contributed by atoms with E-state index in [0.717, 1.165) is 37.2 Å². The minimum atomic E-state index is -0.0877. The molecule has 0 aliphatic heterocycles. The lowest BCUT2D eigenvalue weighted by Gasteiger charge is -2.27. The molecule has 0 saturated carbocycles. The minimum absolute atomic E-state index is 0.0877. The van der Waals surface area contributed by atoms with Gasteiger partial charge < -0.3 is 10.1 Å². The molecule has 1 atom stereocenters. The van der Waals surface area contributed by atoms with Crippen molar-refractivity contribution in [1.82, 2.24) is 15.5 Å². The van der Waals surface area contributed by atoms with Gasteiger partial charge in [-0.2, -0.15) is 10.2 Å². The first-order valence-electron chi connectivity index (χ1n) is 7.55. The number of hydrogen-bond donors (Lipinski definition) is 1. The SMILES string of the molecule is CCNC(CCC(C)(C)OC)c1cc(C)nnc1CC. The summed E-state index contributed by atoms with van der Waals surface area (Å²) in [5.41, 5.74) is 3.27. The molecule has 0 aromatic carbocycles. The van der Waals surface area contributed by atoms with E-state index >= 15 is 0 Å². The number of aromatic nitrogens is 2. The molecule has 0 amide bonds. The molecule has 1 aromatic heterocycles. The number of hydrogen-bond acceptors (Lipinski definition) is 4. The number of aryl methyl sites for hydroxylation is 2. The Morgan fingerprint density at radius 2 is 2.00 bits per heavy atom. The van der Waals surface area contributed by atoms with Gasteiger partial charge in [-0.3, -0.25) is 0 Å². The fraction of sp³-hybridized carbons (Fsp3) is 0.750. The molecule has 0 fully saturated rings. The fourth-order valence-electron chi connectivity index (χ4n) is 2.32. The topological polar surface area (TPSA) is 47.0 Å². The predicted molar refractivity (Wildman–Crippen MR) is 82.9 cm³/mol. The lowest BCUT2D eigenvalue weighted by atomic mass is 9.93. The van der Waals surface area contributed by atoms with Crippen molar-refractivity contribution >= 4 is 0 Å². The summed E-state index contributed by atoms with van der Waals surface area (Å²) >= 11 is 0. The summed E-state index contributed by atoms with van der Waals surface area (Å²) in [5.74, 6) is 0. The van der Waals surface area contributed by atoms with Gasteiger partial charge >= 0.3 is 0 Å². The maximum Gasteiger partial charge on any atom is 0.0676 e. The Balaban J connectivity index is 2.92. The molecule has 1 N–H and O–H groups in total. The Labute approximate surface area is 123 Å². The van der Waals surface area contributed by atoms with Crippen molar-refractivity contribution in [3.8, 4) is 0 Å². The van der Waals surface area contributed by atoms with Crippen LogP contribution in [0.1, 0.15) is 63.5 Å². The maximum absolute atomic E-state index is 5.53. The van der Waals surface area contributed by atoms with Crippen LogP contribution in [0.3, 0.4) is 0 Å². The van der Waals surface area contributed by atoms with E-state index < -0.39 is 0 Å². The Kier molecular flexibility index (Phi) is 6.56. The van der Waals surface area contributed by atoms with Crippen molar-refractivity contribution in [2.75, 3.05) is 13.7 Å². The predicted octanol–water partition coefficient (Wildman–Crippen LogP) is 3.20. The third-order valence-corrected chi connectivity index (χ3v) is 3.77. The quantitative estimate of drug-likeness (QED) is 0.794. The van der Waals surface area contributed by atoms with Crippen LogP contribution in [-0.2, 0) is 11.2 Å². The van der Waals surface area contributed by atoms with Gasteiger partial charge in [0, 0.05) is 13.2 Å². The molecule has 1 unspecified atom stereocenters. The number of methoxy groups -OCH3 is 1. The zero-order valence-corrected chi connectivity index (χ0v) is 13.8. The average molecular weight is 279 g/mol. The first kappa shape index (κ1) is 17.1.